The van der Waals surface area contributed by atoms with Crippen LogP contribution < -0.4 is 15.4 Å². The Hall–Kier alpha value is -4.97. The first-order chi connectivity index (χ1) is 21.8. The van der Waals surface area contributed by atoms with Gasteiger partial charge in [0, 0.05) is 24.3 Å². The van der Waals surface area contributed by atoms with E-state index >= 15 is 4.39 Å². The van der Waals surface area contributed by atoms with Crippen molar-refractivity contribution in [3.63, 3.8) is 0 Å². The standard InChI is InChI=1S/C34H30FN3O7S/c1-19-28(36-20(2)44-19)32(39)37-25-11-8-12-27-30(25)38(33(40)45-27)26-16-34(3,4)18-46(41,42)31(26)29(37)23-14-13-22(15-24(23)35)43-17-21-9-6-5-7-10-21/h5-15,29H,16-18H2,1-4H3. The lowest BCUT2D eigenvalue weighted by atomic mass is 9.88. The SMILES string of the molecule is Cc1nc(C(=O)N2c3cccc4oc(=O)n(c34)C3=C(C2c2ccc(OCc4ccccc4)cc2F)S(=O)(=O)CC(C)(C)C3)c(C)o1. The zero-order valence-electron chi connectivity index (χ0n) is 25.5. The molecular formula is C34H30FN3O7S. The number of carbonyl (C=O) groups is 1. The minimum atomic E-state index is -4.21. The van der Waals surface area contributed by atoms with Crippen molar-refractivity contribution in [3.8, 4) is 5.75 Å². The highest BCUT2D eigenvalue weighted by Gasteiger charge is 2.49. The molecule has 236 valence electrons. The van der Waals surface area contributed by atoms with E-state index in [1.165, 1.54) is 27.7 Å². The van der Waals surface area contributed by atoms with Crippen molar-refractivity contribution in [1.82, 2.24) is 9.55 Å². The molecule has 0 aliphatic carbocycles. The van der Waals surface area contributed by atoms with Crippen molar-refractivity contribution in [2.45, 2.75) is 46.8 Å². The summed E-state index contributed by atoms with van der Waals surface area (Å²) in [6.45, 7) is 6.90. The molecule has 2 aromatic heterocycles. The number of allylic oxidation sites excluding steroid dienone is 1. The van der Waals surface area contributed by atoms with Gasteiger partial charge in [-0.05, 0) is 48.6 Å². The molecule has 0 spiro atoms. The van der Waals surface area contributed by atoms with Crippen LogP contribution in [0.5, 0.6) is 5.75 Å². The second-order valence-corrected chi connectivity index (χ2v) is 14.4. The Bertz CT molecular complexity index is 2250. The summed E-state index contributed by atoms with van der Waals surface area (Å²) in [7, 11) is -4.21. The van der Waals surface area contributed by atoms with Gasteiger partial charge in [-0.3, -0.25) is 9.69 Å². The van der Waals surface area contributed by atoms with Crippen molar-refractivity contribution < 1.29 is 31.2 Å². The number of rotatable bonds is 5. The minimum absolute atomic E-state index is 0.0716. The Balaban J connectivity index is 1.50. The number of halogens is 1. The predicted octanol–water partition coefficient (Wildman–Crippen LogP) is 6.33. The number of sulfone groups is 1. The van der Waals surface area contributed by atoms with Crippen LogP contribution in [-0.4, -0.2) is 29.6 Å². The zero-order chi connectivity index (χ0) is 32.5. The molecule has 2 aliphatic rings. The van der Waals surface area contributed by atoms with Gasteiger partial charge in [0.05, 0.1) is 16.3 Å². The number of aromatic nitrogens is 2. The number of ether oxygens (including phenoxy) is 1. The van der Waals surface area contributed by atoms with Crippen molar-refractivity contribution in [3.05, 3.63) is 116 Å². The monoisotopic (exact) mass is 643 g/mol. The maximum absolute atomic E-state index is 16.4. The number of oxazole rings is 2. The molecule has 4 heterocycles. The number of hydrogen-bond acceptors (Lipinski definition) is 8. The third-order valence-corrected chi connectivity index (χ3v) is 10.6. The molecule has 12 heteroatoms. The van der Waals surface area contributed by atoms with Crippen LogP contribution in [0.2, 0.25) is 0 Å². The lowest BCUT2D eigenvalue weighted by molar-refractivity contribution is 0.0975. The third kappa shape index (κ3) is 4.84. The van der Waals surface area contributed by atoms with Gasteiger partial charge in [0.15, 0.2) is 27.0 Å². The van der Waals surface area contributed by atoms with E-state index in [0.29, 0.717) is 0 Å². The summed E-state index contributed by atoms with van der Waals surface area (Å²) in [5.41, 5.74) is 0.558. The summed E-state index contributed by atoms with van der Waals surface area (Å²) in [6, 6.07) is 16.7. The maximum Gasteiger partial charge on any atom is 0.424 e. The summed E-state index contributed by atoms with van der Waals surface area (Å²) in [6.07, 6.45) is 0.144. The number of hydrogen-bond donors (Lipinski definition) is 0. The molecule has 7 rings (SSSR count). The lowest BCUT2D eigenvalue weighted by Gasteiger charge is -2.37. The molecule has 1 unspecified atom stereocenters. The van der Waals surface area contributed by atoms with E-state index in [2.05, 4.69) is 4.98 Å². The summed E-state index contributed by atoms with van der Waals surface area (Å²) in [5, 5.41) is 0. The van der Waals surface area contributed by atoms with E-state index in [9.17, 15) is 18.0 Å². The molecule has 2 aliphatic heterocycles. The molecule has 0 radical (unpaired) electrons. The quantitative estimate of drug-likeness (QED) is 0.218. The van der Waals surface area contributed by atoms with E-state index in [0.717, 1.165) is 5.56 Å². The first kappa shape index (κ1) is 29.7. The Morgan fingerprint density at radius 2 is 1.83 bits per heavy atom. The fourth-order valence-electron chi connectivity index (χ4n) is 6.53. The van der Waals surface area contributed by atoms with Crippen LogP contribution >= 0.6 is 0 Å². The second-order valence-electron chi connectivity index (χ2n) is 12.4. The summed E-state index contributed by atoms with van der Waals surface area (Å²) >= 11 is 0. The molecular weight excluding hydrogens is 613 g/mol. The Kier molecular flexibility index (Phi) is 6.82. The van der Waals surface area contributed by atoms with Gasteiger partial charge in [0.25, 0.3) is 5.91 Å². The number of benzene rings is 3. The first-order valence-corrected chi connectivity index (χ1v) is 16.3. The summed E-state index contributed by atoms with van der Waals surface area (Å²) in [4.78, 5) is 33.3. The Morgan fingerprint density at radius 1 is 1.07 bits per heavy atom. The molecule has 46 heavy (non-hydrogen) atoms. The van der Waals surface area contributed by atoms with Gasteiger partial charge >= 0.3 is 5.76 Å². The average molecular weight is 644 g/mol. The smallest absolute Gasteiger partial charge is 0.424 e. The van der Waals surface area contributed by atoms with Crippen molar-refractivity contribution >= 4 is 38.2 Å². The van der Waals surface area contributed by atoms with E-state index in [1.54, 1.807) is 45.9 Å². The van der Waals surface area contributed by atoms with Crippen LogP contribution in [0.1, 0.15) is 59.6 Å². The molecule has 10 nitrogen and oxygen atoms in total. The number of para-hydroxylation sites is 1. The van der Waals surface area contributed by atoms with E-state index < -0.39 is 38.8 Å². The average Bonchev–Trinajstić information content (AvgIpc) is 3.47. The zero-order valence-corrected chi connectivity index (χ0v) is 26.4. The van der Waals surface area contributed by atoms with Crippen LogP contribution in [0, 0.1) is 25.1 Å². The number of carbonyl (C=O) groups excluding carboxylic acids is 1. The number of amides is 1. The second kappa shape index (κ2) is 10.5. The van der Waals surface area contributed by atoms with Crippen molar-refractivity contribution in [2.75, 3.05) is 10.7 Å². The highest BCUT2D eigenvalue weighted by Crippen LogP contribution is 2.51. The largest absolute Gasteiger partial charge is 0.489 e. The van der Waals surface area contributed by atoms with Crippen molar-refractivity contribution in [1.29, 1.82) is 0 Å². The fraction of sp³-hybridized carbons (Fsp3) is 0.265. The number of fused-ring (bicyclic) bond motifs is 1. The van der Waals surface area contributed by atoms with Gasteiger partial charge in [-0.1, -0.05) is 50.2 Å². The number of nitrogens with zero attached hydrogens (tertiary/aromatic N) is 3. The van der Waals surface area contributed by atoms with E-state index in [-0.39, 0.29) is 74.8 Å². The number of anilines is 1. The minimum Gasteiger partial charge on any atom is -0.489 e. The topological polar surface area (TPSA) is 125 Å². The highest BCUT2D eigenvalue weighted by atomic mass is 32.2. The maximum atomic E-state index is 16.4. The Labute approximate surface area is 263 Å². The molecule has 1 atom stereocenters. The Morgan fingerprint density at radius 3 is 2.52 bits per heavy atom. The van der Waals surface area contributed by atoms with Gasteiger partial charge in [-0.2, -0.15) is 0 Å². The molecule has 5 aromatic rings. The van der Waals surface area contributed by atoms with Crippen LogP contribution in [0.4, 0.5) is 10.1 Å². The van der Waals surface area contributed by atoms with Gasteiger partial charge in [0.1, 0.15) is 35.5 Å². The third-order valence-electron chi connectivity index (χ3n) is 8.30. The van der Waals surface area contributed by atoms with E-state index in [1.807, 2.05) is 30.3 Å². The molecule has 3 aromatic carbocycles. The number of aryl methyl sites for hydroxylation is 2. The first-order valence-electron chi connectivity index (χ1n) is 14.7. The molecule has 1 amide bonds. The lowest BCUT2D eigenvalue weighted by Crippen LogP contribution is -2.41. The summed E-state index contributed by atoms with van der Waals surface area (Å²) < 4.78 is 63.4. The predicted molar refractivity (Wildman–Crippen MR) is 169 cm³/mol. The van der Waals surface area contributed by atoms with Crippen LogP contribution in [0.25, 0.3) is 16.8 Å². The molecule has 0 saturated carbocycles. The molecule has 0 bridgehead atoms. The van der Waals surface area contributed by atoms with Crippen LogP contribution in [0.15, 0.2) is 85.3 Å². The highest BCUT2D eigenvalue weighted by molar-refractivity contribution is 7.95. The van der Waals surface area contributed by atoms with E-state index in [4.69, 9.17) is 13.6 Å². The van der Waals surface area contributed by atoms with Crippen molar-refractivity contribution in [2.24, 2.45) is 5.41 Å². The molecule has 0 saturated heterocycles. The normalized spacial score (nSPS) is 18.4. The molecule has 0 fully saturated rings. The van der Waals surface area contributed by atoms with Gasteiger partial charge in [0.2, 0.25) is 0 Å². The van der Waals surface area contributed by atoms with Gasteiger partial charge in [-0.15, -0.1) is 0 Å². The van der Waals surface area contributed by atoms with Crippen LogP contribution in [-0.2, 0) is 16.4 Å². The fourth-order valence-corrected chi connectivity index (χ4v) is 8.92. The van der Waals surface area contributed by atoms with Gasteiger partial charge < -0.3 is 13.6 Å². The van der Waals surface area contributed by atoms with Gasteiger partial charge in [-0.25, -0.2) is 27.2 Å². The van der Waals surface area contributed by atoms with Crippen LogP contribution in [0.3, 0.4) is 0 Å². The summed E-state index contributed by atoms with van der Waals surface area (Å²) in [5.74, 6) is -1.97. The molecule has 0 N–H and O–H groups in total.